The highest BCUT2D eigenvalue weighted by Gasteiger charge is 1.96. The number of ether oxygens (including phenoxy) is 1. The van der Waals surface area contributed by atoms with Gasteiger partial charge in [-0.1, -0.05) is 40.2 Å². The molecule has 94 valence electrons. The van der Waals surface area contributed by atoms with Crippen molar-refractivity contribution in [2.45, 2.75) is 13.1 Å². The van der Waals surface area contributed by atoms with E-state index in [0.29, 0.717) is 0 Å². The Morgan fingerprint density at radius 1 is 1.00 bits per heavy atom. The van der Waals surface area contributed by atoms with E-state index in [2.05, 4.69) is 51.6 Å². The summed E-state index contributed by atoms with van der Waals surface area (Å²) in [5, 5.41) is 3.42. The zero-order valence-corrected chi connectivity index (χ0v) is 11.9. The van der Waals surface area contributed by atoms with E-state index < -0.39 is 0 Å². The van der Waals surface area contributed by atoms with E-state index in [9.17, 15) is 0 Å². The molecule has 0 amide bonds. The van der Waals surface area contributed by atoms with E-state index in [1.54, 1.807) is 7.11 Å². The highest BCUT2D eigenvalue weighted by atomic mass is 79.9. The number of hydrogen-bond acceptors (Lipinski definition) is 2. The van der Waals surface area contributed by atoms with E-state index in [-0.39, 0.29) is 0 Å². The van der Waals surface area contributed by atoms with Crippen molar-refractivity contribution in [3.05, 3.63) is 64.1 Å². The van der Waals surface area contributed by atoms with Gasteiger partial charge in [-0.3, -0.25) is 0 Å². The van der Waals surface area contributed by atoms with Gasteiger partial charge in [0.2, 0.25) is 0 Å². The minimum atomic E-state index is 0.858. The predicted octanol–water partition coefficient (Wildman–Crippen LogP) is 3.75. The molecule has 2 aromatic carbocycles. The average Bonchev–Trinajstić information content (AvgIpc) is 2.40. The summed E-state index contributed by atoms with van der Waals surface area (Å²) in [7, 11) is 1.68. The maximum atomic E-state index is 5.13. The lowest BCUT2D eigenvalue weighted by Crippen LogP contribution is -2.12. The summed E-state index contributed by atoms with van der Waals surface area (Å²) in [5.74, 6) is 0.894. The maximum absolute atomic E-state index is 5.13. The Labute approximate surface area is 116 Å². The Balaban J connectivity index is 1.84. The van der Waals surface area contributed by atoms with Crippen LogP contribution in [0, 0.1) is 0 Å². The van der Waals surface area contributed by atoms with E-state index in [1.165, 1.54) is 11.1 Å². The molecule has 0 aliphatic carbocycles. The van der Waals surface area contributed by atoms with Crippen LogP contribution >= 0.6 is 15.9 Å². The Bertz CT molecular complexity index is 496. The second-order valence-corrected chi connectivity index (χ2v) is 5.00. The number of methoxy groups -OCH3 is 1. The van der Waals surface area contributed by atoms with Gasteiger partial charge in [0.1, 0.15) is 5.75 Å². The molecule has 0 bridgehead atoms. The third-order valence-corrected chi connectivity index (χ3v) is 3.20. The lowest BCUT2D eigenvalue weighted by Gasteiger charge is -2.06. The van der Waals surface area contributed by atoms with Gasteiger partial charge in [-0.25, -0.2) is 0 Å². The molecule has 0 unspecified atom stereocenters. The smallest absolute Gasteiger partial charge is 0.118 e. The molecule has 2 aromatic rings. The van der Waals surface area contributed by atoms with Crippen LogP contribution in [0.1, 0.15) is 11.1 Å². The van der Waals surface area contributed by atoms with Gasteiger partial charge < -0.3 is 10.1 Å². The quantitative estimate of drug-likeness (QED) is 0.908. The summed E-state index contributed by atoms with van der Waals surface area (Å²) in [6.07, 6.45) is 0. The van der Waals surface area contributed by atoms with Crippen molar-refractivity contribution in [3.8, 4) is 5.75 Å². The van der Waals surface area contributed by atoms with Crippen LogP contribution < -0.4 is 10.1 Å². The SMILES string of the molecule is COc1ccc(CNCc2cccc(Br)c2)cc1. The van der Waals surface area contributed by atoms with Gasteiger partial charge in [-0.05, 0) is 35.4 Å². The summed E-state index contributed by atoms with van der Waals surface area (Å²) in [5.41, 5.74) is 2.53. The predicted molar refractivity (Wildman–Crippen MR) is 77.7 cm³/mol. The fourth-order valence-electron chi connectivity index (χ4n) is 1.74. The second kappa shape index (κ2) is 6.57. The maximum Gasteiger partial charge on any atom is 0.118 e. The molecule has 0 saturated carbocycles. The number of rotatable bonds is 5. The zero-order valence-electron chi connectivity index (χ0n) is 10.3. The van der Waals surface area contributed by atoms with Crippen molar-refractivity contribution in [3.63, 3.8) is 0 Å². The number of hydrogen-bond donors (Lipinski definition) is 1. The Kier molecular flexibility index (Phi) is 4.79. The first kappa shape index (κ1) is 13.1. The molecule has 1 N–H and O–H groups in total. The van der Waals surface area contributed by atoms with E-state index >= 15 is 0 Å². The second-order valence-electron chi connectivity index (χ2n) is 4.08. The first-order valence-corrected chi connectivity index (χ1v) is 6.65. The minimum absolute atomic E-state index is 0.858. The summed E-state index contributed by atoms with van der Waals surface area (Å²) in [6.45, 7) is 1.72. The van der Waals surface area contributed by atoms with Crippen LogP contribution in [0.3, 0.4) is 0 Å². The van der Waals surface area contributed by atoms with Crippen molar-refractivity contribution in [1.29, 1.82) is 0 Å². The van der Waals surface area contributed by atoms with Crippen LogP contribution in [0.5, 0.6) is 5.75 Å². The highest BCUT2D eigenvalue weighted by Crippen LogP contribution is 2.13. The largest absolute Gasteiger partial charge is 0.497 e. The minimum Gasteiger partial charge on any atom is -0.497 e. The van der Waals surface area contributed by atoms with Crippen molar-refractivity contribution < 1.29 is 4.74 Å². The number of halogens is 1. The molecular formula is C15H16BrNO. The van der Waals surface area contributed by atoms with E-state index in [0.717, 1.165) is 23.3 Å². The summed E-state index contributed by atoms with van der Waals surface area (Å²) in [6, 6.07) is 16.4. The van der Waals surface area contributed by atoms with Crippen LogP contribution in [-0.4, -0.2) is 7.11 Å². The lowest BCUT2D eigenvalue weighted by atomic mass is 10.2. The summed E-state index contributed by atoms with van der Waals surface area (Å²) >= 11 is 3.47. The Morgan fingerprint density at radius 2 is 1.72 bits per heavy atom. The Hall–Kier alpha value is -1.32. The molecule has 0 atom stereocenters. The normalized spacial score (nSPS) is 10.3. The van der Waals surface area contributed by atoms with Crippen molar-refractivity contribution in [1.82, 2.24) is 5.32 Å². The van der Waals surface area contributed by atoms with Crippen LogP contribution in [0.2, 0.25) is 0 Å². The van der Waals surface area contributed by atoms with Crippen molar-refractivity contribution >= 4 is 15.9 Å². The first-order valence-electron chi connectivity index (χ1n) is 5.86. The number of nitrogens with one attached hydrogen (secondary N) is 1. The highest BCUT2D eigenvalue weighted by molar-refractivity contribution is 9.10. The van der Waals surface area contributed by atoms with Gasteiger partial charge in [-0.2, -0.15) is 0 Å². The molecule has 0 aromatic heterocycles. The number of benzene rings is 2. The Morgan fingerprint density at radius 3 is 2.39 bits per heavy atom. The average molecular weight is 306 g/mol. The van der Waals surface area contributed by atoms with Crippen LogP contribution in [0.4, 0.5) is 0 Å². The van der Waals surface area contributed by atoms with E-state index in [1.807, 2.05) is 18.2 Å². The van der Waals surface area contributed by atoms with Crippen LogP contribution in [0.25, 0.3) is 0 Å². The molecule has 0 radical (unpaired) electrons. The molecule has 2 nitrogen and oxygen atoms in total. The standard InChI is InChI=1S/C15H16BrNO/c1-18-15-7-5-12(6-8-15)10-17-11-13-3-2-4-14(16)9-13/h2-9,17H,10-11H2,1H3. The summed E-state index contributed by atoms with van der Waals surface area (Å²) in [4.78, 5) is 0. The third kappa shape index (κ3) is 3.86. The van der Waals surface area contributed by atoms with Crippen molar-refractivity contribution in [2.75, 3.05) is 7.11 Å². The van der Waals surface area contributed by atoms with Gasteiger partial charge in [0, 0.05) is 17.6 Å². The molecule has 0 aliphatic rings. The molecule has 2 rings (SSSR count). The molecule has 0 fully saturated rings. The van der Waals surface area contributed by atoms with Gasteiger partial charge in [-0.15, -0.1) is 0 Å². The monoisotopic (exact) mass is 305 g/mol. The topological polar surface area (TPSA) is 21.3 Å². The van der Waals surface area contributed by atoms with E-state index in [4.69, 9.17) is 4.74 Å². The first-order chi connectivity index (χ1) is 8.78. The lowest BCUT2D eigenvalue weighted by molar-refractivity contribution is 0.414. The molecular weight excluding hydrogens is 290 g/mol. The van der Waals surface area contributed by atoms with Gasteiger partial charge in [0.15, 0.2) is 0 Å². The zero-order chi connectivity index (χ0) is 12.8. The van der Waals surface area contributed by atoms with Gasteiger partial charge >= 0.3 is 0 Å². The third-order valence-electron chi connectivity index (χ3n) is 2.71. The molecule has 0 spiro atoms. The van der Waals surface area contributed by atoms with Crippen LogP contribution in [-0.2, 0) is 13.1 Å². The molecule has 18 heavy (non-hydrogen) atoms. The van der Waals surface area contributed by atoms with Gasteiger partial charge in [0.25, 0.3) is 0 Å². The van der Waals surface area contributed by atoms with Gasteiger partial charge in [0.05, 0.1) is 7.11 Å². The molecule has 0 saturated heterocycles. The van der Waals surface area contributed by atoms with Crippen molar-refractivity contribution in [2.24, 2.45) is 0 Å². The fourth-order valence-corrected chi connectivity index (χ4v) is 2.19. The summed E-state index contributed by atoms with van der Waals surface area (Å²) < 4.78 is 6.25. The molecule has 0 heterocycles. The molecule has 3 heteroatoms. The molecule has 0 aliphatic heterocycles. The fraction of sp³-hybridized carbons (Fsp3) is 0.200. The van der Waals surface area contributed by atoms with Crippen LogP contribution in [0.15, 0.2) is 53.0 Å².